The molecule has 2 N–H and O–H groups in total. The molecule has 0 bridgehead atoms. The Balaban J connectivity index is 1.57. The number of hydrogen-bond donors (Lipinski definition) is 2. The van der Waals surface area contributed by atoms with Crippen LogP contribution in [0.25, 0.3) is 0 Å². The summed E-state index contributed by atoms with van der Waals surface area (Å²) in [4.78, 5) is 12.3. The number of benzene rings is 1. The van der Waals surface area contributed by atoms with Crippen LogP contribution in [0.4, 0.5) is 10.5 Å². The number of thioether (sulfide) groups is 1. The standard InChI is InChI=1S/C18H22N2O3S/c1-2-9-22-16-6-4-3-5-15(16)20-17(21)19-14-7-10-23-18(12-14)8-11-24-13-18/h1,3-6,14H,7-13H2,(H2,19,20,21). The van der Waals surface area contributed by atoms with Gasteiger partial charge in [-0.1, -0.05) is 18.1 Å². The van der Waals surface area contributed by atoms with Crippen LogP contribution in [0.1, 0.15) is 19.3 Å². The summed E-state index contributed by atoms with van der Waals surface area (Å²) in [5, 5.41) is 5.92. The van der Waals surface area contributed by atoms with Gasteiger partial charge in [0.05, 0.1) is 11.3 Å². The van der Waals surface area contributed by atoms with Gasteiger partial charge in [0.1, 0.15) is 12.4 Å². The lowest BCUT2D eigenvalue weighted by atomic mass is 9.90. The van der Waals surface area contributed by atoms with Gasteiger partial charge >= 0.3 is 6.03 Å². The second-order valence-corrected chi connectivity index (χ2v) is 7.22. The zero-order chi connectivity index (χ0) is 16.8. The van der Waals surface area contributed by atoms with Crippen LogP contribution in [0.15, 0.2) is 24.3 Å². The number of ether oxygens (including phenoxy) is 2. The van der Waals surface area contributed by atoms with Gasteiger partial charge in [-0.15, -0.1) is 6.42 Å². The third-order valence-electron chi connectivity index (χ3n) is 4.34. The van der Waals surface area contributed by atoms with Crippen LogP contribution in [0, 0.1) is 12.3 Å². The van der Waals surface area contributed by atoms with E-state index < -0.39 is 0 Å². The van der Waals surface area contributed by atoms with Crippen molar-refractivity contribution in [2.24, 2.45) is 0 Å². The zero-order valence-electron chi connectivity index (χ0n) is 13.5. The van der Waals surface area contributed by atoms with E-state index in [2.05, 4.69) is 16.6 Å². The average molecular weight is 346 g/mol. The van der Waals surface area contributed by atoms with Crippen molar-refractivity contribution < 1.29 is 14.3 Å². The monoisotopic (exact) mass is 346 g/mol. The Bertz CT molecular complexity index is 623. The van der Waals surface area contributed by atoms with Gasteiger partial charge in [0, 0.05) is 18.4 Å². The first-order valence-electron chi connectivity index (χ1n) is 8.15. The second kappa shape index (κ2) is 7.82. The fourth-order valence-electron chi connectivity index (χ4n) is 3.17. The molecule has 5 nitrogen and oxygen atoms in total. The number of anilines is 1. The summed E-state index contributed by atoms with van der Waals surface area (Å²) in [6.07, 6.45) is 8.01. The molecule has 0 aromatic heterocycles. The van der Waals surface area contributed by atoms with E-state index in [-0.39, 0.29) is 24.3 Å². The first-order chi connectivity index (χ1) is 11.7. The summed E-state index contributed by atoms with van der Waals surface area (Å²) >= 11 is 1.93. The highest BCUT2D eigenvalue weighted by atomic mass is 32.2. The van der Waals surface area contributed by atoms with Crippen molar-refractivity contribution in [3.05, 3.63) is 24.3 Å². The van der Waals surface area contributed by atoms with Crippen LogP contribution >= 0.6 is 11.8 Å². The number of carbonyl (C=O) groups excluding carboxylic acids is 1. The number of rotatable bonds is 4. The van der Waals surface area contributed by atoms with Crippen molar-refractivity contribution in [1.29, 1.82) is 0 Å². The van der Waals surface area contributed by atoms with Gasteiger partial charge in [0.15, 0.2) is 0 Å². The summed E-state index contributed by atoms with van der Waals surface area (Å²) in [6, 6.07) is 7.18. The Labute approximate surface area is 146 Å². The Morgan fingerprint density at radius 1 is 1.50 bits per heavy atom. The van der Waals surface area contributed by atoms with E-state index in [1.54, 1.807) is 12.1 Å². The summed E-state index contributed by atoms with van der Waals surface area (Å²) in [6.45, 7) is 0.869. The van der Waals surface area contributed by atoms with Gasteiger partial charge in [-0.3, -0.25) is 0 Å². The topological polar surface area (TPSA) is 59.6 Å². The molecule has 2 unspecified atom stereocenters. The molecule has 24 heavy (non-hydrogen) atoms. The number of terminal acetylenes is 1. The lowest BCUT2D eigenvalue weighted by Gasteiger charge is -2.38. The smallest absolute Gasteiger partial charge is 0.319 e. The molecular weight excluding hydrogens is 324 g/mol. The molecule has 2 saturated heterocycles. The molecule has 2 aliphatic heterocycles. The molecule has 0 aliphatic carbocycles. The Hall–Kier alpha value is -1.84. The average Bonchev–Trinajstić information content (AvgIpc) is 3.01. The molecule has 2 fully saturated rings. The van der Waals surface area contributed by atoms with Gasteiger partial charge in [-0.05, 0) is 37.1 Å². The molecule has 2 amide bonds. The first-order valence-corrected chi connectivity index (χ1v) is 9.31. The SMILES string of the molecule is C#CCOc1ccccc1NC(=O)NC1CCOC2(CCSC2)C1. The van der Waals surface area contributed by atoms with Crippen LogP contribution < -0.4 is 15.4 Å². The highest BCUT2D eigenvalue weighted by Gasteiger charge is 2.40. The summed E-state index contributed by atoms with van der Waals surface area (Å²) in [5.41, 5.74) is 0.567. The normalized spacial score (nSPS) is 25.9. The van der Waals surface area contributed by atoms with E-state index in [0.29, 0.717) is 18.0 Å². The van der Waals surface area contributed by atoms with Crippen LogP contribution in [-0.4, -0.2) is 42.4 Å². The van der Waals surface area contributed by atoms with Crippen molar-refractivity contribution in [1.82, 2.24) is 5.32 Å². The van der Waals surface area contributed by atoms with Crippen molar-refractivity contribution in [2.45, 2.75) is 30.9 Å². The fraction of sp³-hybridized carbons (Fsp3) is 0.500. The lowest BCUT2D eigenvalue weighted by molar-refractivity contribution is -0.0682. The summed E-state index contributed by atoms with van der Waals surface area (Å²) in [7, 11) is 0. The molecule has 2 atom stereocenters. The predicted octanol–water partition coefficient (Wildman–Crippen LogP) is 2.87. The van der Waals surface area contributed by atoms with Crippen molar-refractivity contribution in [2.75, 3.05) is 30.0 Å². The Morgan fingerprint density at radius 3 is 3.17 bits per heavy atom. The maximum atomic E-state index is 12.3. The second-order valence-electron chi connectivity index (χ2n) is 6.11. The Morgan fingerprint density at radius 2 is 2.38 bits per heavy atom. The third-order valence-corrected chi connectivity index (χ3v) is 5.56. The fourth-order valence-corrected chi connectivity index (χ4v) is 4.55. The highest BCUT2D eigenvalue weighted by Crippen LogP contribution is 2.38. The molecule has 1 aromatic carbocycles. The number of hydrogen-bond acceptors (Lipinski definition) is 4. The third kappa shape index (κ3) is 4.16. The van der Waals surface area contributed by atoms with E-state index in [0.717, 1.165) is 30.8 Å². The predicted molar refractivity (Wildman–Crippen MR) is 96.6 cm³/mol. The minimum atomic E-state index is -0.223. The minimum absolute atomic E-state index is 0.0469. The number of carbonyl (C=O) groups is 1. The van der Waals surface area contributed by atoms with E-state index in [1.165, 1.54) is 0 Å². The number of amides is 2. The molecule has 2 aliphatic rings. The molecular formula is C18H22N2O3S. The van der Waals surface area contributed by atoms with E-state index >= 15 is 0 Å². The quantitative estimate of drug-likeness (QED) is 0.823. The highest BCUT2D eigenvalue weighted by molar-refractivity contribution is 7.99. The van der Waals surface area contributed by atoms with Crippen LogP contribution in [0.3, 0.4) is 0 Å². The maximum Gasteiger partial charge on any atom is 0.319 e. The Kier molecular flexibility index (Phi) is 5.54. The van der Waals surface area contributed by atoms with Gasteiger partial charge in [0.2, 0.25) is 0 Å². The summed E-state index contributed by atoms with van der Waals surface area (Å²) < 4.78 is 11.4. The number of nitrogens with one attached hydrogen (secondary N) is 2. The van der Waals surface area contributed by atoms with E-state index in [4.69, 9.17) is 15.9 Å². The zero-order valence-corrected chi connectivity index (χ0v) is 14.4. The van der Waals surface area contributed by atoms with Crippen molar-refractivity contribution >= 4 is 23.5 Å². The van der Waals surface area contributed by atoms with Gasteiger partial charge in [-0.25, -0.2) is 4.79 Å². The molecule has 1 spiro atoms. The van der Waals surface area contributed by atoms with Crippen LogP contribution in [0.2, 0.25) is 0 Å². The summed E-state index contributed by atoms with van der Waals surface area (Å²) in [5.74, 6) is 5.16. The maximum absolute atomic E-state index is 12.3. The lowest BCUT2D eigenvalue weighted by Crippen LogP contribution is -2.49. The van der Waals surface area contributed by atoms with E-state index in [1.807, 2.05) is 23.9 Å². The van der Waals surface area contributed by atoms with Crippen molar-refractivity contribution in [3.8, 4) is 18.1 Å². The number of para-hydroxylation sites is 2. The minimum Gasteiger partial charge on any atom is -0.479 e. The van der Waals surface area contributed by atoms with Gasteiger partial charge in [0.25, 0.3) is 0 Å². The van der Waals surface area contributed by atoms with Crippen LogP contribution in [-0.2, 0) is 4.74 Å². The molecule has 2 heterocycles. The molecule has 0 saturated carbocycles. The van der Waals surface area contributed by atoms with Crippen molar-refractivity contribution in [3.63, 3.8) is 0 Å². The molecule has 0 radical (unpaired) electrons. The molecule has 6 heteroatoms. The van der Waals surface area contributed by atoms with E-state index in [9.17, 15) is 4.79 Å². The van der Waals surface area contributed by atoms with Gasteiger partial charge < -0.3 is 20.1 Å². The molecule has 3 rings (SSSR count). The number of urea groups is 1. The molecule has 128 valence electrons. The van der Waals surface area contributed by atoms with Gasteiger partial charge in [-0.2, -0.15) is 11.8 Å². The largest absolute Gasteiger partial charge is 0.479 e. The first kappa shape index (κ1) is 17.0. The van der Waals surface area contributed by atoms with Crippen LogP contribution in [0.5, 0.6) is 5.75 Å². The molecule has 1 aromatic rings.